The van der Waals surface area contributed by atoms with Gasteiger partial charge in [0.25, 0.3) is 0 Å². The maximum atomic E-state index is 11.3. The Morgan fingerprint density at radius 3 is 2.50 bits per heavy atom. The van der Waals surface area contributed by atoms with Gasteiger partial charge in [-0.1, -0.05) is 61.2 Å². The van der Waals surface area contributed by atoms with Gasteiger partial charge in [0.15, 0.2) is 0 Å². The Bertz CT molecular complexity index is 1260. The Balaban J connectivity index is 1.73. The molecule has 158 valence electrons. The van der Waals surface area contributed by atoms with Crippen molar-refractivity contribution in [1.82, 2.24) is 5.01 Å². The number of carbonyl (C=O) groups is 1. The molecular formula is C26H21N3O3. The van der Waals surface area contributed by atoms with Crippen molar-refractivity contribution in [2.24, 2.45) is 10.1 Å². The maximum absolute atomic E-state index is 11.3. The van der Waals surface area contributed by atoms with Crippen molar-refractivity contribution in [3.05, 3.63) is 103 Å². The van der Waals surface area contributed by atoms with Crippen LogP contribution in [0.1, 0.15) is 12.5 Å². The molecule has 0 aliphatic carbocycles. The van der Waals surface area contributed by atoms with Gasteiger partial charge in [-0.2, -0.15) is 5.10 Å². The molecule has 0 amide bonds. The topological polar surface area (TPSA) is 74.5 Å². The van der Waals surface area contributed by atoms with E-state index in [0.717, 1.165) is 28.2 Å². The van der Waals surface area contributed by atoms with Crippen LogP contribution in [0.4, 0.5) is 0 Å². The molecule has 0 unspecified atom stereocenters. The van der Waals surface area contributed by atoms with Crippen LogP contribution in [0.5, 0.6) is 11.5 Å². The molecule has 1 aliphatic heterocycles. The van der Waals surface area contributed by atoms with Crippen LogP contribution in [0, 0.1) is 0 Å². The second kappa shape index (κ2) is 9.14. The lowest BCUT2D eigenvalue weighted by Gasteiger charge is -2.25. The lowest BCUT2D eigenvalue weighted by atomic mass is 10.0. The highest BCUT2D eigenvalue weighted by Crippen LogP contribution is 2.35. The van der Waals surface area contributed by atoms with Gasteiger partial charge < -0.3 is 9.84 Å². The van der Waals surface area contributed by atoms with Gasteiger partial charge in [0, 0.05) is 17.3 Å². The van der Waals surface area contributed by atoms with Gasteiger partial charge in [0.05, 0.1) is 5.70 Å². The average molecular weight is 423 g/mol. The van der Waals surface area contributed by atoms with E-state index in [9.17, 15) is 9.90 Å². The number of hydrazone groups is 1. The highest BCUT2D eigenvalue weighted by Gasteiger charge is 2.19. The number of carboxylic acids is 1. The van der Waals surface area contributed by atoms with E-state index in [1.165, 1.54) is 11.9 Å². The van der Waals surface area contributed by atoms with Crippen LogP contribution < -0.4 is 4.74 Å². The van der Waals surface area contributed by atoms with E-state index in [2.05, 4.69) is 16.7 Å². The van der Waals surface area contributed by atoms with E-state index in [-0.39, 0.29) is 5.71 Å². The fraction of sp³-hybridized carbons (Fsp3) is 0.0385. The molecule has 1 N–H and O–H groups in total. The number of aliphatic imine (C=N–C) groups is 1. The fourth-order valence-corrected chi connectivity index (χ4v) is 3.24. The summed E-state index contributed by atoms with van der Waals surface area (Å²) in [6.07, 6.45) is 3.40. The Morgan fingerprint density at radius 1 is 1.00 bits per heavy atom. The first-order valence-corrected chi connectivity index (χ1v) is 9.97. The van der Waals surface area contributed by atoms with E-state index in [1.54, 1.807) is 12.3 Å². The number of rotatable bonds is 6. The summed E-state index contributed by atoms with van der Waals surface area (Å²) in [7, 11) is 0. The molecule has 0 atom stereocenters. The summed E-state index contributed by atoms with van der Waals surface area (Å²) in [5, 5.41) is 14.9. The van der Waals surface area contributed by atoms with Crippen LogP contribution in [0.25, 0.3) is 16.8 Å². The van der Waals surface area contributed by atoms with Gasteiger partial charge in [0.2, 0.25) is 0 Å². The molecule has 0 bridgehead atoms. The summed E-state index contributed by atoms with van der Waals surface area (Å²) < 4.78 is 6.12. The Morgan fingerprint density at radius 2 is 1.72 bits per heavy atom. The first-order chi connectivity index (χ1) is 15.5. The Labute approximate surface area is 186 Å². The normalized spacial score (nSPS) is 13.7. The lowest BCUT2D eigenvalue weighted by Crippen LogP contribution is -2.21. The van der Waals surface area contributed by atoms with Crippen molar-refractivity contribution >= 4 is 23.6 Å². The molecule has 3 aromatic rings. The molecule has 0 saturated heterocycles. The van der Waals surface area contributed by atoms with Gasteiger partial charge in [-0.15, -0.1) is 0 Å². The number of hydrogen-bond acceptors (Lipinski definition) is 5. The lowest BCUT2D eigenvalue weighted by molar-refractivity contribution is -0.129. The van der Waals surface area contributed by atoms with Crippen molar-refractivity contribution in [3.8, 4) is 22.6 Å². The second-order valence-electron chi connectivity index (χ2n) is 7.04. The number of allylic oxidation sites excluding steroid dienone is 1. The summed E-state index contributed by atoms with van der Waals surface area (Å²) in [4.78, 5) is 15.4. The molecule has 6 heteroatoms. The van der Waals surface area contributed by atoms with Crippen LogP contribution >= 0.6 is 0 Å². The van der Waals surface area contributed by atoms with E-state index in [1.807, 2.05) is 78.9 Å². The minimum Gasteiger partial charge on any atom is -0.477 e. The van der Waals surface area contributed by atoms with Gasteiger partial charge in [-0.3, -0.25) is 0 Å². The molecular weight excluding hydrogens is 402 g/mol. The second-order valence-corrected chi connectivity index (χ2v) is 7.04. The van der Waals surface area contributed by atoms with Crippen molar-refractivity contribution < 1.29 is 14.6 Å². The summed E-state index contributed by atoms with van der Waals surface area (Å²) in [5.41, 5.74) is 3.33. The number of para-hydroxylation sites is 2. The van der Waals surface area contributed by atoms with Gasteiger partial charge in [-0.05, 0) is 42.8 Å². The third kappa shape index (κ3) is 4.49. The predicted octanol–water partition coefficient (Wildman–Crippen LogP) is 5.80. The van der Waals surface area contributed by atoms with Gasteiger partial charge in [0.1, 0.15) is 23.0 Å². The molecule has 1 aliphatic rings. The summed E-state index contributed by atoms with van der Waals surface area (Å²) in [6, 6.07) is 25.3. The summed E-state index contributed by atoms with van der Waals surface area (Å²) >= 11 is 0. The van der Waals surface area contributed by atoms with Crippen molar-refractivity contribution in [2.45, 2.75) is 6.92 Å². The molecule has 3 aromatic carbocycles. The zero-order valence-corrected chi connectivity index (χ0v) is 17.5. The monoisotopic (exact) mass is 423 g/mol. The molecule has 32 heavy (non-hydrogen) atoms. The first-order valence-electron chi connectivity index (χ1n) is 9.97. The zero-order chi connectivity index (χ0) is 22.5. The summed E-state index contributed by atoms with van der Waals surface area (Å²) in [6.45, 7) is 5.32. The molecule has 0 radical (unpaired) electrons. The molecule has 1 heterocycles. The highest BCUT2D eigenvalue weighted by molar-refractivity contribution is 6.34. The van der Waals surface area contributed by atoms with E-state index in [0.29, 0.717) is 11.5 Å². The van der Waals surface area contributed by atoms with Crippen molar-refractivity contribution in [2.75, 3.05) is 0 Å². The minimum atomic E-state index is -1.10. The van der Waals surface area contributed by atoms with Crippen LogP contribution in [0.2, 0.25) is 0 Å². The van der Waals surface area contributed by atoms with Crippen molar-refractivity contribution in [1.29, 1.82) is 0 Å². The smallest absolute Gasteiger partial charge is 0.351 e. The number of ether oxygens (including phenoxy) is 1. The number of hydrogen-bond donors (Lipinski definition) is 1. The van der Waals surface area contributed by atoms with Crippen LogP contribution in [-0.4, -0.2) is 28.0 Å². The molecule has 0 aromatic heterocycles. The fourth-order valence-electron chi connectivity index (χ4n) is 3.24. The quantitative estimate of drug-likeness (QED) is 0.508. The summed E-state index contributed by atoms with van der Waals surface area (Å²) in [5.74, 6) is 0.716. The van der Waals surface area contributed by atoms with E-state index in [4.69, 9.17) is 4.74 Å². The minimum absolute atomic E-state index is 0.0630. The third-order valence-electron chi connectivity index (χ3n) is 4.82. The number of benzene rings is 3. The number of aliphatic carboxylic acids is 1. The molecule has 0 fully saturated rings. The first kappa shape index (κ1) is 20.8. The number of carboxylic acid groups (broad SMARTS) is 1. The highest BCUT2D eigenvalue weighted by atomic mass is 16.5. The van der Waals surface area contributed by atoms with Crippen LogP contribution in [0.15, 0.2) is 107 Å². The SMILES string of the molecule is C=C1N=CC=C(c2cccc(-c3ccccc3Oc3ccccc3)c2)N1/N=C(\C)C(=O)O. The van der Waals surface area contributed by atoms with Gasteiger partial charge in [-0.25, -0.2) is 14.8 Å². The standard InChI is InChI=1S/C26H21N3O3/c1-18(26(30)31)28-29-19(2)27-16-15-24(29)21-10-8-9-20(17-21)23-13-6-7-14-25(23)32-22-11-4-3-5-12-22/h3-17H,2H2,1H3,(H,30,31)/b28-18+. The van der Waals surface area contributed by atoms with Gasteiger partial charge >= 0.3 is 5.97 Å². The van der Waals surface area contributed by atoms with Crippen LogP contribution in [-0.2, 0) is 4.79 Å². The molecule has 6 nitrogen and oxygen atoms in total. The largest absolute Gasteiger partial charge is 0.477 e. The van der Waals surface area contributed by atoms with Crippen molar-refractivity contribution in [3.63, 3.8) is 0 Å². The van der Waals surface area contributed by atoms with E-state index >= 15 is 0 Å². The number of nitrogens with zero attached hydrogens (tertiary/aromatic N) is 3. The zero-order valence-electron chi connectivity index (χ0n) is 17.5. The van der Waals surface area contributed by atoms with E-state index < -0.39 is 5.97 Å². The average Bonchev–Trinajstić information content (AvgIpc) is 2.81. The van der Waals surface area contributed by atoms with Crippen LogP contribution in [0.3, 0.4) is 0 Å². The molecule has 0 spiro atoms. The molecule has 0 saturated carbocycles. The molecule has 4 rings (SSSR count). The third-order valence-corrected chi connectivity index (χ3v) is 4.82. The predicted molar refractivity (Wildman–Crippen MR) is 127 cm³/mol. The maximum Gasteiger partial charge on any atom is 0.351 e. The Hall–Kier alpha value is -4.45. The Kier molecular flexibility index (Phi) is 5.94.